The molecule has 0 atom stereocenters. The van der Waals surface area contributed by atoms with Crippen molar-refractivity contribution in [2.45, 2.75) is 19.3 Å². The minimum Gasteiger partial charge on any atom is -0.456 e. The van der Waals surface area contributed by atoms with Crippen LogP contribution in [0.3, 0.4) is 0 Å². The van der Waals surface area contributed by atoms with Crippen LogP contribution in [0.25, 0.3) is 77.5 Å². The monoisotopic (exact) mass is 694 g/mol. The molecule has 0 spiro atoms. The van der Waals surface area contributed by atoms with Crippen LogP contribution in [0.15, 0.2) is 179 Å². The van der Waals surface area contributed by atoms with Crippen molar-refractivity contribution in [2.75, 3.05) is 4.90 Å². The van der Waals surface area contributed by atoms with E-state index in [9.17, 15) is 0 Å². The second-order valence-corrected chi connectivity index (χ2v) is 14.8. The van der Waals surface area contributed by atoms with Crippen molar-refractivity contribution >= 4 is 60.9 Å². The molecular formula is C50H34N2O2. The third-order valence-electron chi connectivity index (χ3n) is 11.3. The van der Waals surface area contributed by atoms with Gasteiger partial charge in [0.05, 0.1) is 16.8 Å². The maximum atomic E-state index is 6.64. The van der Waals surface area contributed by atoms with Gasteiger partial charge in [0.15, 0.2) is 5.58 Å². The fourth-order valence-corrected chi connectivity index (χ4v) is 8.63. The molecule has 1 aliphatic carbocycles. The van der Waals surface area contributed by atoms with Gasteiger partial charge in [-0.2, -0.15) is 0 Å². The molecule has 256 valence electrons. The maximum Gasteiger partial charge on any atom is 0.227 e. The number of para-hydroxylation sites is 1. The van der Waals surface area contributed by atoms with Crippen LogP contribution in [0.2, 0.25) is 0 Å². The highest BCUT2D eigenvalue weighted by Gasteiger charge is 2.36. The average molecular weight is 695 g/mol. The molecule has 0 saturated carbocycles. The highest BCUT2D eigenvalue weighted by Crippen LogP contribution is 2.52. The SMILES string of the molecule is CC1(C)c2ccccc2-c2ccc(N(c3ccccc3-c3ccc4ccccc4c3)c3cccc4oc5cc6oc(-c7ccccc7)nc6cc5c34)cc21. The zero-order chi connectivity index (χ0) is 36.0. The fraction of sp³-hybridized carbons (Fsp3) is 0.0600. The van der Waals surface area contributed by atoms with E-state index in [1.807, 2.05) is 36.4 Å². The van der Waals surface area contributed by atoms with Crippen molar-refractivity contribution in [1.29, 1.82) is 0 Å². The Labute approximate surface area is 312 Å². The number of aromatic nitrogens is 1. The Morgan fingerprint density at radius 2 is 1.22 bits per heavy atom. The molecular weight excluding hydrogens is 661 g/mol. The number of oxazole rings is 1. The molecule has 0 saturated heterocycles. The first-order chi connectivity index (χ1) is 26.5. The van der Waals surface area contributed by atoms with Gasteiger partial charge in [0.25, 0.3) is 0 Å². The van der Waals surface area contributed by atoms with Crippen molar-refractivity contribution in [3.05, 3.63) is 181 Å². The van der Waals surface area contributed by atoms with Gasteiger partial charge in [-0.25, -0.2) is 4.98 Å². The fourth-order valence-electron chi connectivity index (χ4n) is 8.63. The molecule has 4 heteroatoms. The Balaban J connectivity index is 1.17. The summed E-state index contributed by atoms with van der Waals surface area (Å²) >= 11 is 0. The van der Waals surface area contributed by atoms with Crippen LogP contribution in [0.4, 0.5) is 17.1 Å². The summed E-state index contributed by atoms with van der Waals surface area (Å²) in [6, 6.07) is 60.3. The quantitative estimate of drug-likeness (QED) is 0.180. The summed E-state index contributed by atoms with van der Waals surface area (Å²) in [6.07, 6.45) is 0. The summed E-state index contributed by atoms with van der Waals surface area (Å²) in [5.41, 5.74) is 14.6. The number of hydrogen-bond acceptors (Lipinski definition) is 4. The minimum absolute atomic E-state index is 0.158. The van der Waals surface area contributed by atoms with E-state index in [2.05, 4.69) is 152 Å². The molecule has 4 nitrogen and oxygen atoms in total. The Bertz CT molecular complexity index is 3100. The molecule has 0 bridgehead atoms. The highest BCUT2D eigenvalue weighted by molar-refractivity contribution is 6.16. The third kappa shape index (κ3) is 4.60. The van der Waals surface area contributed by atoms with Crippen LogP contribution in [0.5, 0.6) is 0 Å². The van der Waals surface area contributed by atoms with Crippen LogP contribution in [-0.4, -0.2) is 4.98 Å². The number of rotatable bonds is 5. The Hall–Kier alpha value is -6.91. The number of fused-ring (bicyclic) bond motifs is 8. The van der Waals surface area contributed by atoms with Gasteiger partial charge in [0.2, 0.25) is 5.89 Å². The van der Waals surface area contributed by atoms with E-state index in [0.29, 0.717) is 11.5 Å². The lowest BCUT2D eigenvalue weighted by Gasteiger charge is -2.30. The van der Waals surface area contributed by atoms with Gasteiger partial charge in [-0.3, -0.25) is 0 Å². The number of furan rings is 1. The normalized spacial score (nSPS) is 13.1. The second-order valence-electron chi connectivity index (χ2n) is 14.8. The highest BCUT2D eigenvalue weighted by atomic mass is 16.4. The summed E-state index contributed by atoms with van der Waals surface area (Å²) in [5, 5.41) is 4.45. The van der Waals surface area contributed by atoms with Gasteiger partial charge in [-0.05, 0) is 93.2 Å². The Morgan fingerprint density at radius 3 is 2.11 bits per heavy atom. The number of hydrogen-bond donors (Lipinski definition) is 0. The number of nitrogens with zero attached hydrogens (tertiary/aromatic N) is 2. The molecule has 2 aromatic heterocycles. The predicted octanol–water partition coefficient (Wildman–Crippen LogP) is 14.0. The Morgan fingerprint density at radius 1 is 0.481 bits per heavy atom. The molecule has 0 radical (unpaired) electrons. The zero-order valence-electron chi connectivity index (χ0n) is 29.9. The molecule has 1 aliphatic rings. The lowest BCUT2D eigenvalue weighted by Crippen LogP contribution is -2.17. The van der Waals surface area contributed by atoms with Crippen LogP contribution in [0, 0.1) is 0 Å². The summed E-state index contributed by atoms with van der Waals surface area (Å²) in [7, 11) is 0. The van der Waals surface area contributed by atoms with Gasteiger partial charge in [-0.1, -0.05) is 123 Å². The van der Waals surface area contributed by atoms with Gasteiger partial charge < -0.3 is 13.7 Å². The van der Waals surface area contributed by atoms with E-state index in [1.54, 1.807) is 0 Å². The standard InChI is InChI=1S/C50H34N2O2/c1-50(2)40-19-10-8-18-37(40)38-26-25-35(28-41(38)50)52(43-20-11-9-17-36(43)34-24-23-31-13-6-7-16-33(31)27-34)44-21-12-22-45-48(44)39-29-42-47(30-46(39)53-45)54-49(51-42)32-14-4-3-5-15-32/h3-30H,1-2H3. The summed E-state index contributed by atoms with van der Waals surface area (Å²) in [5.74, 6) is 0.593. The van der Waals surface area contributed by atoms with E-state index in [-0.39, 0.29) is 5.41 Å². The van der Waals surface area contributed by atoms with Crippen molar-refractivity contribution in [2.24, 2.45) is 0 Å². The van der Waals surface area contributed by atoms with E-state index < -0.39 is 0 Å². The van der Waals surface area contributed by atoms with E-state index >= 15 is 0 Å². The first-order valence-corrected chi connectivity index (χ1v) is 18.5. The molecule has 11 rings (SSSR count). The number of benzene rings is 8. The van der Waals surface area contributed by atoms with Crippen molar-refractivity contribution in [3.63, 3.8) is 0 Å². The van der Waals surface area contributed by atoms with Gasteiger partial charge >= 0.3 is 0 Å². The third-order valence-corrected chi connectivity index (χ3v) is 11.3. The maximum absolute atomic E-state index is 6.64. The predicted molar refractivity (Wildman–Crippen MR) is 222 cm³/mol. The molecule has 0 fully saturated rings. The van der Waals surface area contributed by atoms with Crippen LogP contribution >= 0.6 is 0 Å². The molecule has 8 aromatic carbocycles. The van der Waals surface area contributed by atoms with Crippen LogP contribution < -0.4 is 4.90 Å². The van der Waals surface area contributed by atoms with Gasteiger partial charge in [0.1, 0.15) is 16.7 Å². The molecule has 0 aliphatic heterocycles. The molecule has 0 amide bonds. The molecule has 54 heavy (non-hydrogen) atoms. The smallest absolute Gasteiger partial charge is 0.227 e. The van der Waals surface area contributed by atoms with Crippen LogP contribution in [0.1, 0.15) is 25.0 Å². The van der Waals surface area contributed by atoms with Crippen molar-refractivity contribution in [1.82, 2.24) is 4.98 Å². The number of anilines is 3. The molecule has 10 aromatic rings. The summed E-state index contributed by atoms with van der Waals surface area (Å²) in [6.45, 7) is 4.68. The van der Waals surface area contributed by atoms with Gasteiger partial charge in [0, 0.05) is 33.7 Å². The van der Waals surface area contributed by atoms with E-state index in [1.165, 1.54) is 33.0 Å². The lowest BCUT2D eigenvalue weighted by atomic mass is 9.82. The van der Waals surface area contributed by atoms with E-state index in [0.717, 1.165) is 61.2 Å². The van der Waals surface area contributed by atoms with Crippen molar-refractivity contribution < 1.29 is 8.83 Å². The second kappa shape index (κ2) is 11.5. The topological polar surface area (TPSA) is 42.4 Å². The first-order valence-electron chi connectivity index (χ1n) is 18.5. The molecule has 0 unspecified atom stereocenters. The molecule has 2 heterocycles. The Kier molecular flexibility index (Phi) is 6.56. The first kappa shape index (κ1) is 30.7. The zero-order valence-corrected chi connectivity index (χ0v) is 29.9. The average Bonchev–Trinajstić information content (AvgIpc) is 3.87. The van der Waals surface area contributed by atoms with Crippen LogP contribution in [-0.2, 0) is 5.41 Å². The van der Waals surface area contributed by atoms with Crippen molar-refractivity contribution in [3.8, 4) is 33.7 Å². The summed E-state index contributed by atoms with van der Waals surface area (Å²) in [4.78, 5) is 7.36. The molecule has 0 N–H and O–H groups in total. The van der Waals surface area contributed by atoms with E-state index in [4.69, 9.17) is 13.8 Å². The minimum atomic E-state index is -0.158. The van der Waals surface area contributed by atoms with Gasteiger partial charge in [-0.15, -0.1) is 0 Å². The summed E-state index contributed by atoms with van der Waals surface area (Å²) < 4.78 is 12.9. The largest absolute Gasteiger partial charge is 0.456 e. The lowest BCUT2D eigenvalue weighted by molar-refractivity contribution is 0.617.